The molecule has 0 spiro atoms. The predicted molar refractivity (Wildman–Crippen MR) is 119 cm³/mol. The van der Waals surface area contributed by atoms with Crippen LogP contribution in [0.1, 0.15) is 16.7 Å². The van der Waals surface area contributed by atoms with Crippen LogP contribution in [0.3, 0.4) is 0 Å². The van der Waals surface area contributed by atoms with Gasteiger partial charge in [-0.1, -0.05) is 76.8 Å². The topological polar surface area (TPSA) is 67.2 Å². The molecule has 0 unspecified atom stereocenters. The van der Waals surface area contributed by atoms with Crippen LogP contribution in [0, 0.1) is 0 Å². The second kappa shape index (κ2) is 11.0. The van der Waals surface area contributed by atoms with Gasteiger partial charge in [0, 0.05) is 16.3 Å². The molecule has 0 saturated heterocycles. The number of halogens is 4. The van der Waals surface area contributed by atoms with Gasteiger partial charge in [-0.05, 0) is 23.8 Å². The Labute approximate surface area is 193 Å². The van der Waals surface area contributed by atoms with E-state index >= 15 is 0 Å². The highest BCUT2D eigenvalue weighted by molar-refractivity contribution is 8.03. The highest BCUT2D eigenvalue weighted by Gasteiger charge is 2.32. The van der Waals surface area contributed by atoms with Crippen molar-refractivity contribution in [3.63, 3.8) is 0 Å². The molecule has 1 heterocycles. The van der Waals surface area contributed by atoms with Crippen LogP contribution in [-0.2, 0) is 16.7 Å². The first-order valence-corrected chi connectivity index (χ1v) is 11.8. The lowest BCUT2D eigenvalue weighted by Gasteiger charge is -2.09. The summed E-state index contributed by atoms with van der Waals surface area (Å²) in [6.45, 7) is 0. The first-order chi connectivity index (χ1) is 14.8. The third kappa shape index (κ3) is 7.53. The summed E-state index contributed by atoms with van der Waals surface area (Å²) in [5.41, 5.74) is 2.37. The minimum Gasteiger partial charge on any atom is -0.272 e. The summed E-state index contributed by atoms with van der Waals surface area (Å²) in [6, 6.07) is 12.5. The SMILES string of the molecule is O=C(CSc1nnc(SCc2ccc(Cl)cc2)s1)NN=Cc1ccccc1C(F)(F)F. The van der Waals surface area contributed by atoms with Crippen LogP contribution >= 0.6 is 46.5 Å². The Kier molecular flexibility index (Phi) is 8.35. The fourth-order valence-electron chi connectivity index (χ4n) is 2.24. The molecule has 0 aliphatic carbocycles. The van der Waals surface area contributed by atoms with Gasteiger partial charge in [-0.3, -0.25) is 4.79 Å². The summed E-state index contributed by atoms with van der Waals surface area (Å²) in [7, 11) is 0. The van der Waals surface area contributed by atoms with Crippen molar-refractivity contribution in [2.24, 2.45) is 5.10 Å². The number of hydrogen-bond acceptors (Lipinski definition) is 7. The number of nitrogens with zero attached hydrogens (tertiary/aromatic N) is 3. The summed E-state index contributed by atoms with van der Waals surface area (Å²) < 4.78 is 40.2. The predicted octanol–water partition coefficient (Wildman–Crippen LogP) is 5.75. The number of aromatic nitrogens is 2. The van der Waals surface area contributed by atoms with Gasteiger partial charge in [0.25, 0.3) is 5.91 Å². The number of rotatable bonds is 8. The highest BCUT2D eigenvalue weighted by atomic mass is 35.5. The smallest absolute Gasteiger partial charge is 0.272 e. The van der Waals surface area contributed by atoms with Crippen LogP contribution in [0.4, 0.5) is 13.2 Å². The van der Waals surface area contributed by atoms with Crippen LogP contribution in [0.2, 0.25) is 5.02 Å². The van der Waals surface area contributed by atoms with Gasteiger partial charge in [-0.15, -0.1) is 10.2 Å². The largest absolute Gasteiger partial charge is 0.417 e. The maximum atomic E-state index is 12.9. The summed E-state index contributed by atoms with van der Waals surface area (Å²) in [4.78, 5) is 11.9. The Morgan fingerprint density at radius 3 is 2.48 bits per heavy atom. The van der Waals surface area contributed by atoms with Crippen molar-refractivity contribution in [1.82, 2.24) is 15.6 Å². The minimum absolute atomic E-state index is 0.00867. The van der Waals surface area contributed by atoms with E-state index in [-0.39, 0.29) is 11.3 Å². The van der Waals surface area contributed by atoms with E-state index in [0.717, 1.165) is 22.2 Å². The van der Waals surface area contributed by atoms with Crippen LogP contribution in [0.5, 0.6) is 0 Å². The van der Waals surface area contributed by atoms with E-state index in [9.17, 15) is 18.0 Å². The van der Waals surface area contributed by atoms with Gasteiger partial charge in [0.2, 0.25) is 0 Å². The Morgan fingerprint density at radius 1 is 1.10 bits per heavy atom. The molecule has 0 bridgehead atoms. The summed E-state index contributed by atoms with van der Waals surface area (Å²) in [6.07, 6.45) is -3.52. The summed E-state index contributed by atoms with van der Waals surface area (Å²) in [5, 5.41) is 12.4. The van der Waals surface area contributed by atoms with Gasteiger partial charge < -0.3 is 0 Å². The standard InChI is InChI=1S/C19H14ClF3N4OS3/c20-14-7-5-12(6-8-14)10-29-17-26-27-18(31-17)30-11-16(28)25-24-9-13-3-1-2-4-15(13)19(21,22)23/h1-9H,10-11H2,(H,25,28). The molecule has 2 aromatic carbocycles. The number of nitrogens with one attached hydrogen (secondary N) is 1. The molecule has 0 saturated carbocycles. The van der Waals surface area contributed by atoms with E-state index in [1.54, 1.807) is 0 Å². The monoisotopic (exact) mass is 502 g/mol. The van der Waals surface area contributed by atoms with Crippen molar-refractivity contribution in [1.29, 1.82) is 0 Å². The second-order valence-electron chi connectivity index (χ2n) is 5.92. The normalized spacial score (nSPS) is 11.7. The number of carbonyl (C=O) groups is 1. The first kappa shape index (κ1) is 23.6. The lowest BCUT2D eigenvalue weighted by atomic mass is 10.1. The second-order valence-corrected chi connectivity index (χ2v) is 9.77. The molecule has 162 valence electrons. The number of hydrogen-bond donors (Lipinski definition) is 1. The Bertz CT molecular complexity index is 1060. The fourth-order valence-corrected chi connectivity index (χ4v) is 5.13. The summed E-state index contributed by atoms with van der Waals surface area (Å²) >= 11 is 9.92. The van der Waals surface area contributed by atoms with Gasteiger partial charge >= 0.3 is 6.18 Å². The first-order valence-electron chi connectivity index (χ1n) is 8.63. The van der Waals surface area contributed by atoms with Crippen LogP contribution in [0.15, 0.2) is 62.3 Å². The molecule has 3 aromatic rings. The number of amides is 1. The van der Waals surface area contributed by atoms with Gasteiger partial charge in [-0.25, -0.2) is 5.43 Å². The third-order valence-corrected chi connectivity index (χ3v) is 7.16. The van der Waals surface area contributed by atoms with Crippen molar-refractivity contribution < 1.29 is 18.0 Å². The molecule has 0 fully saturated rings. The summed E-state index contributed by atoms with van der Waals surface area (Å²) in [5.74, 6) is 0.260. The van der Waals surface area contributed by atoms with Gasteiger partial charge in [0.1, 0.15) is 0 Å². The lowest BCUT2D eigenvalue weighted by molar-refractivity contribution is -0.137. The molecule has 1 N–H and O–H groups in total. The van der Waals surface area contributed by atoms with E-state index in [4.69, 9.17) is 11.6 Å². The molecular weight excluding hydrogens is 489 g/mol. The minimum atomic E-state index is -4.50. The highest BCUT2D eigenvalue weighted by Crippen LogP contribution is 2.32. The zero-order valence-corrected chi connectivity index (χ0v) is 18.8. The molecule has 0 aliphatic rings. The van der Waals surface area contributed by atoms with Crippen molar-refractivity contribution >= 4 is 58.6 Å². The third-order valence-electron chi connectivity index (χ3n) is 3.65. The molecule has 1 aromatic heterocycles. The van der Waals surface area contributed by atoms with Gasteiger partial charge in [0.05, 0.1) is 17.5 Å². The zero-order chi connectivity index (χ0) is 22.3. The van der Waals surface area contributed by atoms with Gasteiger partial charge in [0.15, 0.2) is 8.68 Å². The maximum absolute atomic E-state index is 12.9. The van der Waals surface area contributed by atoms with E-state index in [1.807, 2.05) is 24.3 Å². The number of carbonyl (C=O) groups excluding carboxylic acids is 1. The van der Waals surface area contributed by atoms with Crippen molar-refractivity contribution in [2.75, 3.05) is 5.75 Å². The number of benzene rings is 2. The molecule has 31 heavy (non-hydrogen) atoms. The van der Waals surface area contributed by atoms with E-state index < -0.39 is 17.6 Å². The Balaban J connectivity index is 1.45. The van der Waals surface area contributed by atoms with Crippen LogP contribution in [-0.4, -0.2) is 28.1 Å². The number of hydrazone groups is 1. The number of thioether (sulfide) groups is 2. The van der Waals surface area contributed by atoms with Crippen molar-refractivity contribution in [2.45, 2.75) is 20.6 Å². The van der Waals surface area contributed by atoms with E-state index in [2.05, 4.69) is 20.7 Å². The van der Waals surface area contributed by atoms with Crippen molar-refractivity contribution in [3.05, 3.63) is 70.2 Å². The molecule has 0 aliphatic heterocycles. The number of alkyl halides is 3. The average Bonchev–Trinajstić information content (AvgIpc) is 3.19. The molecule has 5 nitrogen and oxygen atoms in total. The van der Waals surface area contributed by atoms with Crippen molar-refractivity contribution in [3.8, 4) is 0 Å². The zero-order valence-electron chi connectivity index (χ0n) is 15.6. The molecule has 0 radical (unpaired) electrons. The lowest BCUT2D eigenvalue weighted by Crippen LogP contribution is -2.20. The molecular formula is C19H14ClF3N4OS3. The Hall–Kier alpha value is -2.08. The van der Waals surface area contributed by atoms with Crippen LogP contribution in [0.25, 0.3) is 0 Å². The van der Waals surface area contributed by atoms with E-state index in [1.165, 1.54) is 53.1 Å². The van der Waals surface area contributed by atoms with E-state index in [0.29, 0.717) is 15.1 Å². The molecule has 0 atom stereocenters. The maximum Gasteiger partial charge on any atom is 0.417 e. The molecule has 12 heteroatoms. The Morgan fingerprint density at radius 2 is 1.77 bits per heavy atom. The quantitative estimate of drug-likeness (QED) is 0.241. The fraction of sp³-hybridized carbons (Fsp3) is 0.158. The molecule has 1 amide bonds. The average molecular weight is 503 g/mol. The molecule has 3 rings (SSSR count). The van der Waals surface area contributed by atoms with Gasteiger partial charge in [-0.2, -0.15) is 18.3 Å². The van der Waals surface area contributed by atoms with Crippen LogP contribution < -0.4 is 5.43 Å².